The minimum absolute atomic E-state index is 0.0785. The molecule has 0 bridgehead atoms. The number of aromatic amines is 1. The third-order valence-corrected chi connectivity index (χ3v) is 6.55. The summed E-state index contributed by atoms with van der Waals surface area (Å²) in [5, 5.41) is 9.04. The number of benzene rings is 3. The number of thioether (sulfide) groups is 1. The molecule has 0 saturated heterocycles. The van der Waals surface area contributed by atoms with Crippen molar-refractivity contribution in [1.29, 1.82) is 0 Å². The number of para-hydroxylation sites is 2. The normalized spacial score (nSPS) is 12.8. The lowest BCUT2D eigenvalue weighted by molar-refractivity contribution is -0.137. The molecule has 1 amide bonds. The van der Waals surface area contributed by atoms with Crippen LogP contribution in [0.5, 0.6) is 0 Å². The monoisotopic (exact) mass is 501 g/mol. The van der Waals surface area contributed by atoms with Crippen LogP contribution in [0.2, 0.25) is 5.02 Å². The Morgan fingerprint density at radius 2 is 1.79 bits per heavy atom. The van der Waals surface area contributed by atoms with E-state index < -0.39 is 22.9 Å². The molecule has 172 valence electrons. The third-order valence-electron chi connectivity index (χ3n) is 5.11. The highest BCUT2D eigenvalue weighted by Gasteiger charge is 2.35. The lowest BCUT2D eigenvalue weighted by Crippen LogP contribution is -2.21. The van der Waals surface area contributed by atoms with Gasteiger partial charge in [0.25, 0.3) is 0 Å². The van der Waals surface area contributed by atoms with E-state index in [1.54, 1.807) is 34.7 Å². The molecule has 11 heteroatoms. The molecule has 0 aliphatic carbocycles. The lowest BCUT2D eigenvalue weighted by atomic mass is 10.1. The van der Waals surface area contributed by atoms with E-state index >= 15 is 0 Å². The molecule has 0 saturated carbocycles. The van der Waals surface area contributed by atoms with Crippen LogP contribution in [0.3, 0.4) is 0 Å². The van der Waals surface area contributed by atoms with Crippen LogP contribution in [-0.4, -0.2) is 25.5 Å². The van der Waals surface area contributed by atoms with Crippen molar-refractivity contribution in [2.24, 2.45) is 0 Å². The molecule has 1 atom stereocenters. The number of imidazole rings is 1. The number of amides is 1. The zero-order valence-electron chi connectivity index (χ0n) is 17.2. The van der Waals surface area contributed by atoms with Gasteiger partial charge in [0.05, 0.1) is 22.3 Å². The van der Waals surface area contributed by atoms with E-state index in [2.05, 4.69) is 20.5 Å². The quantitative estimate of drug-likeness (QED) is 0.275. The summed E-state index contributed by atoms with van der Waals surface area (Å²) < 4.78 is 42.4. The highest BCUT2D eigenvalue weighted by molar-refractivity contribution is 8.00. The van der Waals surface area contributed by atoms with Gasteiger partial charge in [-0.2, -0.15) is 13.2 Å². The van der Waals surface area contributed by atoms with Crippen LogP contribution in [-0.2, 0) is 11.0 Å². The number of alkyl halides is 3. The van der Waals surface area contributed by atoms with E-state index in [1.807, 2.05) is 24.3 Å². The number of anilines is 1. The molecular weight excluding hydrogens is 487 g/mol. The summed E-state index contributed by atoms with van der Waals surface area (Å²) >= 11 is 6.87. The summed E-state index contributed by atoms with van der Waals surface area (Å²) in [7, 11) is 0. The summed E-state index contributed by atoms with van der Waals surface area (Å²) in [5.74, 6) is -0.141. The van der Waals surface area contributed by atoms with Crippen LogP contribution in [0.4, 0.5) is 18.9 Å². The molecular formula is C23H15ClF3N5OS. The van der Waals surface area contributed by atoms with Crippen molar-refractivity contribution >= 4 is 51.8 Å². The van der Waals surface area contributed by atoms with Gasteiger partial charge in [-0.3, -0.25) is 9.20 Å². The molecule has 2 heterocycles. The number of halogens is 4. The van der Waals surface area contributed by atoms with Gasteiger partial charge in [0.15, 0.2) is 5.16 Å². The highest BCUT2D eigenvalue weighted by atomic mass is 35.5. The standard InChI is InChI=1S/C23H15ClF3N5OS/c24-14-10-11-16(15(12-14)23(25,26)27)28-20(33)19(13-6-2-1-3-7-13)34-22-31-30-21-29-17-8-4-5-9-18(17)32(21)22/h1-12,19H,(H,28,33)(H,29,30). The van der Waals surface area contributed by atoms with Crippen molar-refractivity contribution in [2.75, 3.05) is 5.32 Å². The number of carbonyl (C=O) groups is 1. The maximum Gasteiger partial charge on any atom is 0.418 e. The summed E-state index contributed by atoms with van der Waals surface area (Å²) in [6.07, 6.45) is -4.69. The van der Waals surface area contributed by atoms with Crippen LogP contribution in [0.1, 0.15) is 16.4 Å². The Labute approximate surface area is 200 Å². The molecule has 3 aromatic carbocycles. The van der Waals surface area contributed by atoms with Gasteiger partial charge in [-0.05, 0) is 35.9 Å². The molecule has 0 spiro atoms. The number of fused-ring (bicyclic) bond motifs is 3. The molecule has 0 aliphatic heterocycles. The van der Waals surface area contributed by atoms with E-state index in [4.69, 9.17) is 11.6 Å². The average Bonchev–Trinajstić information content (AvgIpc) is 3.38. The summed E-state index contributed by atoms with van der Waals surface area (Å²) in [6.45, 7) is 0. The van der Waals surface area contributed by atoms with Gasteiger partial charge in [-0.1, -0.05) is 65.8 Å². The van der Waals surface area contributed by atoms with Gasteiger partial charge in [-0.25, -0.2) is 10.1 Å². The first-order chi connectivity index (χ1) is 16.3. The Balaban J connectivity index is 1.54. The predicted molar refractivity (Wildman–Crippen MR) is 125 cm³/mol. The molecule has 6 nitrogen and oxygen atoms in total. The van der Waals surface area contributed by atoms with Crippen molar-refractivity contribution in [2.45, 2.75) is 16.6 Å². The first kappa shape index (κ1) is 22.3. The Kier molecular flexibility index (Phi) is 5.70. The van der Waals surface area contributed by atoms with Gasteiger partial charge in [-0.15, -0.1) is 5.10 Å². The molecule has 5 aromatic rings. The SMILES string of the molecule is O=C(Nc1ccc(Cl)cc1C(F)(F)F)C(Sc1n[nH]c2nc3ccccc3n12)c1ccccc1. The second-order valence-corrected chi connectivity index (χ2v) is 8.86. The van der Waals surface area contributed by atoms with Gasteiger partial charge < -0.3 is 5.32 Å². The molecule has 5 rings (SSSR count). The molecule has 34 heavy (non-hydrogen) atoms. The molecule has 2 aromatic heterocycles. The van der Waals surface area contributed by atoms with E-state index in [9.17, 15) is 18.0 Å². The second kappa shape index (κ2) is 8.69. The van der Waals surface area contributed by atoms with Crippen LogP contribution >= 0.6 is 23.4 Å². The number of hydrogen-bond acceptors (Lipinski definition) is 4. The number of nitrogens with one attached hydrogen (secondary N) is 2. The van der Waals surface area contributed by atoms with Crippen molar-refractivity contribution in [3.8, 4) is 0 Å². The molecule has 2 N–H and O–H groups in total. The van der Waals surface area contributed by atoms with E-state index in [1.165, 1.54) is 6.07 Å². The third kappa shape index (κ3) is 4.22. The fourth-order valence-electron chi connectivity index (χ4n) is 3.59. The summed E-state index contributed by atoms with van der Waals surface area (Å²) in [5.41, 5.74) is 0.748. The zero-order chi connectivity index (χ0) is 23.9. The first-order valence-electron chi connectivity index (χ1n) is 10.0. The van der Waals surface area contributed by atoms with Crippen molar-refractivity contribution < 1.29 is 18.0 Å². The van der Waals surface area contributed by atoms with Gasteiger partial charge in [0.2, 0.25) is 11.7 Å². The summed E-state index contributed by atoms with van der Waals surface area (Å²) in [6, 6.07) is 19.5. The van der Waals surface area contributed by atoms with Gasteiger partial charge in [0.1, 0.15) is 5.25 Å². The van der Waals surface area contributed by atoms with Gasteiger partial charge in [0, 0.05) is 5.02 Å². The number of rotatable bonds is 5. The number of carbonyl (C=O) groups excluding carboxylic acids is 1. The Morgan fingerprint density at radius 1 is 1.06 bits per heavy atom. The molecule has 0 fully saturated rings. The van der Waals surface area contributed by atoms with Gasteiger partial charge >= 0.3 is 6.18 Å². The maximum atomic E-state index is 13.6. The fraction of sp³-hybridized carbons (Fsp3) is 0.0870. The van der Waals surface area contributed by atoms with Crippen LogP contribution < -0.4 is 5.32 Å². The highest BCUT2D eigenvalue weighted by Crippen LogP contribution is 2.39. The van der Waals surface area contributed by atoms with Crippen molar-refractivity contribution in [3.63, 3.8) is 0 Å². The predicted octanol–water partition coefficient (Wildman–Crippen LogP) is 6.35. The Hall–Kier alpha value is -3.50. The first-order valence-corrected chi connectivity index (χ1v) is 11.3. The topological polar surface area (TPSA) is 75.1 Å². The van der Waals surface area contributed by atoms with E-state index in [-0.39, 0.29) is 10.7 Å². The zero-order valence-corrected chi connectivity index (χ0v) is 18.7. The maximum absolute atomic E-state index is 13.6. The summed E-state index contributed by atoms with van der Waals surface area (Å²) in [4.78, 5) is 17.8. The minimum Gasteiger partial charge on any atom is -0.324 e. The Bertz CT molecular complexity index is 1500. The number of hydrogen-bond donors (Lipinski definition) is 2. The van der Waals surface area contributed by atoms with Crippen LogP contribution in [0, 0.1) is 0 Å². The number of H-pyrrole nitrogens is 1. The second-order valence-electron chi connectivity index (χ2n) is 7.35. The molecule has 0 radical (unpaired) electrons. The largest absolute Gasteiger partial charge is 0.418 e. The van der Waals surface area contributed by atoms with E-state index in [0.29, 0.717) is 16.5 Å². The Morgan fingerprint density at radius 3 is 2.56 bits per heavy atom. The molecule has 1 unspecified atom stereocenters. The van der Waals surface area contributed by atoms with E-state index in [0.717, 1.165) is 34.9 Å². The minimum atomic E-state index is -4.69. The fourth-order valence-corrected chi connectivity index (χ4v) is 4.82. The number of nitrogens with zero attached hydrogens (tertiary/aromatic N) is 3. The number of aromatic nitrogens is 4. The average molecular weight is 502 g/mol. The van der Waals surface area contributed by atoms with Crippen LogP contribution in [0.25, 0.3) is 16.8 Å². The van der Waals surface area contributed by atoms with Crippen LogP contribution in [0.15, 0.2) is 78.0 Å². The van der Waals surface area contributed by atoms with Crippen molar-refractivity contribution in [3.05, 3.63) is 88.9 Å². The lowest BCUT2D eigenvalue weighted by Gasteiger charge is -2.19. The molecule has 0 aliphatic rings. The van der Waals surface area contributed by atoms with Crippen molar-refractivity contribution in [1.82, 2.24) is 19.6 Å². The smallest absolute Gasteiger partial charge is 0.324 e.